The van der Waals surface area contributed by atoms with Crippen LogP contribution in [0.5, 0.6) is 5.88 Å². The maximum absolute atomic E-state index is 11.8. The Labute approximate surface area is 166 Å². The van der Waals surface area contributed by atoms with Crippen molar-refractivity contribution in [1.29, 1.82) is 0 Å². The summed E-state index contributed by atoms with van der Waals surface area (Å²) in [6.45, 7) is 13.9. The SMILES string of the molecule is CCN1CCN(c2nc(OC)c(B3OC(C)(C)C(C)(C)O3)cc2[N+](=O)[O-])CC1. The fraction of sp³-hybridized carbons (Fsp3) is 0.722. The molecular weight excluding hydrogens is 363 g/mol. The van der Waals surface area contributed by atoms with Gasteiger partial charge in [0.25, 0.3) is 0 Å². The van der Waals surface area contributed by atoms with Crippen LogP contribution >= 0.6 is 0 Å². The van der Waals surface area contributed by atoms with E-state index in [1.54, 1.807) is 0 Å². The number of hydrogen-bond acceptors (Lipinski definition) is 8. The van der Waals surface area contributed by atoms with Crippen LogP contribution in [0.2, 0.25) is 0 Å². The van der Waals surface area contributed by atoms with E-state index >= 15 is 0 Å². The molecule has 10 heteroatoms. The van der Waals surface area contributed by atoms with Gasteiger partial charge in [0.1, 0.15) is 0 Å². The predicted molar refractivity (Wildman–Crippen MR) is 107 cm³/mol. The zero-order valence-electron chi connectivity index (χ0n) is 17.5. The van der Waals surface area contributed by atoms with Gasteiger partial charge in [-0.1, -0.05) is 6.92 Å². The number of methoxy groups -OCH3 is 1. The van der Waals surface area contributed by atoms with E-state index in [1.807, 2.05) is 32.6 Å². The van der Waals surface area contributed by atoms with Crippen LogP contribution in [0.25, 0.3) is 0 Å². The summed E-state index contributed by atoms with van der Waals surface area (Å²) in [5.41, 5.74) is -0.751. The van der Waals surface area contributed by atoms with Gasteiger partial charge in [0.05, 0.1) is 28.7 Å². The van der Waals surface area contributed by atoms with Crippen LogP contribution in [0.15, 0.2) is 6.07 Å². The molecule has 1 aromatic heterocycles. The van der Waals surface area contributed by atoms with Gasteiger partial charge in [-0.2, -0.15) is 4.98 Å². The zero-order valence-corrected chi connectivity index (χ0v) is 17.5. The number of nitrogens with zero attached hydrogens (tertiary/aromatic N) is 4. The number of rotatable bonds is 5. The van der Waals surface area contributed by atoms with Gasteiger partial charge < -0.3 is 23.8 Å². The predicted octanol–water partition coefficient (Wildman–Crippen LogP) is 1.44. The average Bonchev–Trinajstić information content (AvgIpc) is 2.87. The number of anilines is 1. The highest BCUT2D eigenvalue weighted by Gasteiger charge is 2.53. The summed E-state index contributed by atoms with van der Waals surface area (Å²) < 4.78 is 17.6. The monoisotopic (exact) mass is 392 g/mol. The van der Waals surface area contributed by atoms with E-state index in [2.05, 4.69) is 16.8 Å². The summed E-state index contributed by atoms with van der Waals surface area (Å²) in [6.07, 6.45) is 0. The highest BCUT2D eigenvalue weighted by Crippen LogP contribution is 2.38. The van der Waals surface area contributed by atoms with Gasteiger partial charge in [0.15, 0.2) is 0 Å². The van der Waals surface area contributed by atoms with E-state index in [0.29, 0.717) is 24.4 Å². The second-order valence-electron chi connectivity index (χ2n) is 8.20. The van der Waals surface area contributed by atoms with Gasteiger partial charge in [-0.3, -0.25) is 10.1 Å². The Morgan fingerprint density at radius 1 is 1.21 bits per heavy atom. The number of likely N-dealkylation sites (N-methyl/N-ethyl adjacent to an activating group) is 1. The van der Waals surface area contributed by atoms with Crippen LogP contribution in [0.1, 0.15) is 34.6 Å². The highest BCUT2D eigenvalue weighted by molar-refractivity contribution is 6.63. The number of piperazine rings is 1. The normalized spacial score (nSPS) is 21.8. The summed E-state index contributed by atoms with van der Waals surface area (Å²) in [5, 5.41) is 11.8. The lowest BCUT2D eigenvalue weighted by Gasteiger charge is -2.34. The van der Waals surface area contributed by atoms with Gasteiger partial charge in [-0.25, -0.2) is 0 Å². The first-order chi connectivity index (χ1) is 13.1. The first kappa shape index (κ1) is 20.8. The maximum atomic E-state index is 11.8. The lowest BCUT2D eigenvalue weighted by atomic mass is 9.79. The molecule has 0 spiro atoms. The smallest absolute Gasteiger partial charge is 0.481 e. The van der Waals surface area contributed by atoms with Crippen molar-refractivity contribution in [3.8, 4) is 5.88 Å². The first-order valence-corrected chi connectivity index (χ1v) is 9.66. The molecule has 2 fully saturated rings. The molecule has 3 rings (SSSR count). The van der Waals surface area contributed by atoms with E-state index in [9.17, 15) is 10.1 Å². The van der Waals surface area contributed by atoms with Gasteiger partial charge >= 0.3 is 12.8 Å². The molecule has 28 heavy (non-hydrogen) atoms. The minimum Gasteiger partial charge on any atom is -0.481 e. The average molecular weight is 392 g/mol. The Morgan fingerprint density at radius 3 is 2.25 bits per heavy atom. The number of pyridine rings is 1. The van der Waals surface area contributed by atoms with Gasteiger partial charge in [0, 0.05) is 32.2 Å². The summed E-state index contributed by atoms with van der Waals surface area (Å²) in [7, 11) is 0.721. The lowest BCUT2D eigenvalue weighted by molar-refractivity contribution is -0.384. The fourth-order valence-corrected chi connectivity index (χ4v) is 3.44. The highest BCUT2D eigenvalue weighted by atomic mass is 16.7. The Hall–Kier alpha value is -1.91. The molecule has 0 unspecified atom stereocenters. The Morgan fingerprint density at radius 2 is 1.79 bits per heavy atom. The fourth-order valence-electron chi connectivity index (χ4n) is 3.44. The molecule has 154 valence electrons. The molecule has 0 amide bonds. The number of ether oxygens (including phenoxy) is 1. The van der Waals surface area contributed by atoms with Crippen molar-refractivity contribution < 1.29 is 19.0 Å². The van der Waals surface area contributed by atoms with Crippen molar-refractivity contribution in [2.75, 3.05) is 44.7 Å². The lowest BCUT2D eigenvalue weighted by Crippen LogP contribution is -2.47. The number of hydrogen-bond donors (Lipinski definition) is 0. The quantitative estimate of drug-likeness (QED) is 0.423. The van der Waals surface area contributed by atoms with Crippen LogP contribution in [0.4, 0.5) is 11.5 Å². The molecule has 2 aliphatic rings. The van der Waals surface area contributed by atoms with Crippen LogP contribution in [0.3, 0.4) is 0 Å². The third-order valence-electron chi connectivity index (χ3n) is 5.99. The molecule has 0 saturated carbocycles. The van der Waals surface area contributed by atoms with Crippen molar-refractivity contribution >= 4 is 24.1 Å². The molecule has 3 heterocycles. The topological polar surface area (TPSA) is 90.2 Å². The zero-order chi connectivity index (χ0) is 20.7. The van der Waals surface area contributed by atoms with E-state index in [-0.39, 0.29) is 11.6 Å². The van der Waals surface area contributed by atoms with Crippen molar-refractivity contribution in [3.63, 3.8) is 0 Å². The second-order valence-corrected chi connectivity index (χ2v) is 8.20. The summed E-state index contributed by atoms with van der Waals surface area (Å²) in [6, 6.07) is 1.48. The maximum Gasteiger partial charge on any atom is 0.500 e. The van der Waals surface area contributed by atoms with Crippen LogP contribution < -0.4 is 15.1 Å². The van der Waals surface area contributed by atoms with Crippen LogP contribution in [-0.2, 0) is 9.31 Å². The summed E-state index contributed by atoms with van der Waals surface area (Å²) in [4.78, 5) is 20.2. The summed E-state index contributed by atoms with van der Waals surface area (Å²) >= 11 is 0. The minimum absolute atomic E-state index is 0.0598. The Bertz CT molecular complexity index is 734. The molecule has 0 N–H and O–H groups in total. The summed E-state index contributed by atoms with van der Waals surface area (Å²) in [5.74, 6) is 0.620. The number of nitro groups is 1. The van der Waals surface area contributed by atoms with Crippen molar-refractivity contribution in [3.05, 3.63) is 16.2 Å². The van der Waals surface area contributed by atoms with Crippen LogP contribution in [0, 0.1) is 10.1 Å². The van der Waals surface area contributed by atoms with Crippen molar-refractivity contribution in [1.82, 2.24) is 9.88 Å². The second kappa shape index (κ2) is 7.49. The first-order valence-electron chi connectivity index (χ1n) is 9.66. The standard InChI is InChI=1S/C18H29BN4O5/c1-7-21-8-10-22(11-9-21)15-14(23(24)25)12-13(16(20-15)26-6)19-27-17(2,3)18(4,5)28-19/h12H,7-11H2,1-6H3. The van der Waals surface area contributed by atoms with Crippen LogP contribution in [-0.4, -0.2) is 73.0 Å². The van der Waals surface area contributed by atoms with E-state index in [1.165, 1.54) is 13.2 Å². The molecular formula is C18H29BN4O5. The van der Waals surface area contributed by atoms with Crippen molar-refractivity contribution in [2.24, 2.45) is 0 Å². The molecule has 0 aromatic carbocycles. The molecule has 0 radical (unpaired) electrons. The molecule has 0 bridgehead atoms. The third-order valence-corrected chi connectivity index (χ3v) is 5.99. The van der Waals surface area contributed by atoms with Crippen molar-refractivity contribution in [2.45, 2.75) is 45.8 Å². The van der Waals surface area contributed by atoms with E-state index in [4.69, 9.17) is 14.0 Å². The van der Waals surface area contributed by atoms with E-state index < -0.39 is 23.2 Å². The number of aromatic nitrogens is 1. The molecule has 2 aliphatic heterocycles. The molecule has 2 saturated heterocycles. The molecule has 0 aliphatic carbocycles. The molecule has 9 nitrogen and oxygen atoms in total. The van der Waals surface area contributed by atoms with E-state index in [0.717, 1.165) is 19.6 Å². The third kappa shape index (κ3) is 3.68. The minimum atomic E-state index is -0.780. The van der Waals surface area contributed by atoms with Gasteiger partial charge in [-0.05, 0) is 34.2 Å². The van der Waals surface area contributed by atoms with Gasteiger partial charge in [0.2, 0.25) is 11.7 Å². The largest absolute Gasteiger partial charge is 0.500 e. The van der Waals surface area contributed by atoms with Gasteiger partial charge in [-0.15, -0.1) is 0 Å². The Kier molecular flexibility index (Phi) is 5.57. The Balaban J connectivity index is 1.98. The molecule has 0 atom stereocenters. The molecule has 1 aromatic rings.